The van der Waals surface area contributed by atoms with Gasteiger partial charge in [0, 0.05) is 36.1 Å². The van der Waals surface area contributed by atoms with Crippen molar-refractivity contribution < 1.29 is 9.59 Å². The van der Waals surface area contributed by atoms with Crippen LogP contribution in [0, 0.1) is 6.92 Å². The fraction of sp³-hybridized carbons (Fsp3) is 0.250. The SMILES string of the molecule is Cc1nc2ccccc2n1CCNC(=O)CCNC(=O)c1ccc(Br)cc1. The first-order chi connectivity index (χ1) is 13.0. The summed E-state index contributed by atoms with van der Waals surface area (Å²) in [7, 11) is 0. The van der Waals surface area contributed by atoms with Gasteiger partial charge >= 0.3 is 0 Å². The number of imidazole rings is 1. The van der Waals surface area contributed by atoms with Crippen LogP contribution in [0.25, 0.3) is 11.0 Å². The molecule has 0 aliphatic rings. The Balaban J connectivity index is 1.41. The number of amides is 2. The third kappa shape index (κ3) is 4.95. The molecule has 6 nitrogen and oxygen atoms in total. The van der Waals surface area contributed by atoms with E-state index >= 15 is 0 Å². The molecule has 2 N–H and O–H groups in total. The molecule has 0 aliphatic heterocycles. The number of carbonyl (C=O) groups is 2. The maximum Gasteiger partial charge on any atom is 0.251 e. The molecule has 2 aromatic carbocycles. The number of nitrogens with zero attached hydrogens (tertiary/aromatic N) is 2. The molecular weight excluding hydrogens is 408 g/mol. The normalized spacial score (nSPS) is 10.7. The number of aromatic nitrogens is 2. The van der Waals surface area contributed by atoms with Crippen LogP contribution in [0.2, 0.25) is 0 Å². The van der Waals surface area contributed by atoms with Gasteiger partial charge in [0.05, 0.1) is 11.0 Å². The summed E-state index contributed by atoms with van der Waals surface area (Å²) in [6.07, 6.45) is 0.242. The average molecular weight is 429 g/mol. The van der Waals surface area contributed by atoms with Crippen molar-refractivity contribution in [2.75, 3.05) is 13.1 Å². The Bertz CT molecular complexity index is 950. The van der Waals surface area contributed by atoms with Crippen LogP contribution >= 0.6 is 15.9 Å². The first-order valence-corrected chi connectivity index (χ1v) is 9.56. The molecule has 27 heavy (non-hydrogen) atoms. The van der Waals surface area contributed by atoms with Crippen molar-refractivity contribution in [3.8, 4) is 0 Å². The monoisotopic (exact) mass is 428 g/mol. The van der Waals surface area contributed by atoms with Crippen LogP contribution < -0.4 is 10.6 Å². The van der Waals surface area contributed by atoms with E-state index in [2.05, 4.69) is 36.1 Å². The largest absolute Gasteiger partial charge is 0.354 e. The second kappa shape index (κ2) is 8.81. The summed E-state index contributed by atoms with van der Waals surface area (Å²) in [4.78, 5) is 28.5. The fourth-order valence-electron chi connectivity index (χ4n) is 2.87. The van der Waals surface area contributed by atoms with E-state index in [1.165, 1.54) is 0 Å². The van der Waals surface area contributed by atoms with Gasteiger partial charge in [0.1, 0.15) is 5.82 Å². The van der Waals surface area contributed by atoms with E-state index in [-0.39, 0.29) is 18.2 Å². The minimum atomic E-state index is -0.184. The van der Waals surface area contributed by atoms with E-state index in [1.54, 1.807) is 12.1 Å². The highest BCUT2D eigenvalue weighted by Gasteiger charge is 2.08. The van der Waals surface area contributed by atoms with Crippen LogP contribution in [0.5, 0.6) is 0 Å². The Labute approximate surface area is 166 Å². The van der Waals surface area contributed by atoms with Gasteiger partial charge in [-0.15, -0.1) is 0 Å². The van der Waals surface area contributed by atoms with E-state index in [9.17, 15) is 9.59 Å². The molecule has 0 aliphatic carbocycles. The van der Waals surface area contributed by atoms with Crippen LogP contribution in [0.15, 0.2) is 53.0 Å². The third-order valence-electron chi connectivity index (χ3n) is 4.25. The van der Waals surface area contributed by atoms with Gasteiger partial charge < -0.3 is 15.2 Å². The molecule has 0 atom stereocenters. The summed E-state index contributed by atoms with van der Waals surface area (Å²) in [6.45, 7) is 3.43. The van der Waals surface area contributed by atoms with Gasteiger partial charge in [-0.3, -0.25) is 9.59 Å². The molecule has 0 radical (unpaired) electrons. The average Bonchev–Trinajstić information content (AvgIpc) is 2.98. The van der Waals surface area contributed by atoms with Crippen molar-refractivity contribution in [1.29, 1.82) is 0 Å². The lowest BCUT2D eigenvalue weighted by Crippen LogP contribution is -2.32. The molecule has 0 saturated heterocycles. The zero-order chi connectivity index (χ0) is 19.2. The number of hydrogen-bond donors (Lipinski definition) is 2. The molecular formula is C20H21BrN4O2. The van der Waals surface area contributed by atoms with Crippen molar-refractivity contribution in [3.05, 3.63) is 64.4 Å². The Morgan fingerprint density at radius 2 is 1.78 bits per heavy atom. The summed E-state index contributed by atoms with van der Waals surface area (Å²) >= 11 is 3.33. The van der Waals surface area contributed by atoms with Crippen molar-refractivity contribution in [2.24, 2.45) is 0 Å². The molecule has 1 aromatic heterocycles. The zero-order valence-corrected chi connectivity index (χ0v) is 16.6. The van der Waals surface area contributed by atoms with E-state index in [1.807, 2.05) is 43.3 Å². The van der Waals surface area contributed by atoms with Gasteiger partial charge in [-0.05, 0) is 43.3 Å². The number of nitrogens with one attached hydrogen (secondary N) is 2. The predicted molar refractivity (Wildman–Crippen MR) is 109 cm³/mol. The molecule has 0 unspecified atom stereocenters. The molecule has 140 valence electrons. The van der Waals surface area contributed by atoms with Gasteiger partial charge in [0.15, 0.2) is 0 Å². The van der Waals surface area contributed by atoms with Crippen LogP contribution in [-0.4, -0.2) is 34.5 Å². The quantitative estimate of drug-likeness (QED) is 0.606. The third-order valence-corrected chi connectivity index (χ3v) is 4.78. The fourth-order valence-corrected chi connectivity index (χ4v) is 3.13. The lowest BCUT2D eigenvalue weighted by Gasteiger charge is -2.09. The second-order valence-electron chi connectivity index (χ2n) is 6.16. The number of carbonyl (C=O) groups excluding carboxylic acids is 2. The summed E-state index contributed by atoms with van der Waals surface area (Å²) in [5.41, 5.74) is 2.59. The maximum absolute atomic E-state index is 12.0. The lowest BCUT2D eigenvalue weighted by molar-refractivity contribution is -0.120. The summed E-state index contributed by atoms with van der Waals surface area (Å²) in [5, 5.41) is 5.65. The van der Waals surface area contributed by atoms with Gasteiger partial charge in [0.2, 0.25) is 5.91 Å². The number of benzene rings is 2. The number of hydrogen-bond acceptors (Lipinski definition) is 3. The smallest absolute Gasteiger partial charge is 0.251 e. The Kier molecular flexibility index (Phi) is 6.24. The second-order valence-corrected chi connectivity index (χ2v) is 7.08. The van der Waals surface area contributed by atoms with Crippen LogP contribution in [0.3, 0.4) is 0 Å². The van der Waals surface area contributed by atoms with Crippen molar-refractivity contribution in [3.63, 3.8) is 0 Å². The zero-order valence-electron chi connectivity index (χ0n) is 15.0. The van der Waals surface area contributed by atoms with Crippen molar-refractivity contribution >= 4 is 38.8 Å². The number of fused-ring (bicyclic) bond motifs is 1. The highest BCUT2D eigenvalue weighted by atomic mass is 79.9. The summed E-state index contributed by atoms with van der Waals surface area (Å²) in [6, 6.07) is 15.0. The molecule has 0 spiro atoms. The van der Waals surface area contributed by atoms with Crippen LogP contribution in [0.1, 0.15) is 22.6 Å². The van der Waals surface area contributed by atoms with E-state index in [4.69, 9.17) is 0 Å². The molecule has 0 bridgehead atoms. The molecule has 0 saturated carbocycles. The van der Waals surface area contributed by atoms with Crippen molar-refractivity contribution in [1.82, 2.24) is 20.2 Å². The molecule has 0 fully saturated rings. The highest BCUT2D eigenvalue weighted by molar-refractivity contribution is 9.10. The highest BCUT2D eigenvalue weighted by Crippen LogP contribution is 2.14. The minimum Gasteiger partial charge on any atom is -0.354 e. The van der Waals surface area contributed by atoms with Gasteiger partial charge in [0.25, 0.3) is 5.91 Å². The number of aryl methyl sites for hydroxylation is 1. The standard InChI is InChI=1S/C20H21BrN4O2/c1-14-24-17-4-2-3-5-18(17)25(14)13-12-22-19(26)10-11-23-20(27)15-6-8-16(21)9-7-15/h2-9H,10-13H2,1H3,(H,22,26)(H,23,27). The van der Waals surface area contributed by atoms with E-state index in [0.29, 0.717) is 25.2 Å². The summed E-state index contributed by atoms with van der Waals surface area (Å²) in [5.74, 6) is 0.649. The van der Waals surface area contributed by atoms with Crippen LogP contribution in [-0.2, 0) is 11.3 Å². The lowest BCUT2D eigenvalue weighted by atomic mass is 10.2. The first kappa shape index (κ1) is 19.1. The number of rotatable bonds is 7. The minimum absolute atomic E-state index is 0.0896. The topological polar surface area (TPSA) is 76.0 Å². The van der Waals surface area contributed by atoms with Crippen molar-refractivity contribution in [2.45, 2.75) is 19.9 Å². The molecule has 1 heterocycles. The maximum atomic E-state index is 12.0. The molecule has 7 heteroatoms. The Morgan fingerprint density at radius 3 is 2.56 bits per heavy atom. The van der Waals surface area contributed by atoms with E-state index < -0.39 is 0 Å². The van der Waals surface area contributed by atoms with Gasteiger partial charge in [-0.25, -0.2) is 4.98 Å². The van der Waals surface area contributed by atoms with E-state index in [0.717, 1.165) is 21.3 Å². The molecule has 2 amide bonds. The Morgan fingerprint density at radius 1 is 1.04 bits per heavy atom. The van der Waals surface area contributed by atoms with Gasteiger partial charge in [-0.2, -0.15) is 0 Å². The number of halogens is 1. The first-order valence-electron chi connectivity index (χ1n) is 8.77. The molecule has 3 aromatic rings. The van der Waals surface area contributed by atoms with Crippen LogP contribution in [0.4, 0.5) is 0 Å². The molecule has 3 rings (SSSR count). The summed E-state index contributed by atoms with van der Waals surface area (Å²) < 4.78 is 3.00. The van der Waals surface area contributed by atoms with Gasteiger partial charge in [-0.1, -0.05) is 28.1 Å². The number of para-hydroxylation sites is 2. The Hall–Kier alpha value is -2.67. The predicted octanol–water partition coefficient (Wildman–Crippen LogP) is 3.04.